The van der Waals surface area contributed by atoms with Gasteiger partial charge >= 0.3 is 39.7 Å². The molecule has 9 heavy (non-hydrogen) atoms. The summed E-state index contributed by atoms with van der Waals surface area (Å²) >= 11 is 0. The summed E-state index contributed by atoms with van der Waals surface area (Å²) in [6.07, 6.45) is 1.24. The fourth-order valence-electron chi connectivity index (χ4n) is 0.192. The van der Waals surface area contributed by atoms with Gasteiger partial charge in [0, 0.05) is 0 Å². The van der Waals surface area contributed by atoms with E-state index >= 15 is 0 Å². The van der Waals surface area contributed by atoms with E-state index in [4.69, 9.17) is 5.26 Å². The van der Waals surface area contributed by atoms with Gasteiger partial charge in [0.25, 0.3) is 0 Å². The molecule has 0 aliphatic rings. The standard InChI is InChI=1S/C3H6O4S.Na.H/c1-2-3-8(5,6)7-4;;/h2-4H,1H3;;. The van der Waals surface area contributed by atoms with Crippen molar-refractivity contribution in [3.63, 3.8) is 0 Å². The van der Waals surface area contributed by atoms with Gasteiger partial charge < -0.3 is 0 Å². The molecule has 0 radical (unpaired) electrons. The Bertz CT molecular complexity index is 170. The minimum absolute atomic E-state index is 0. The van der Waals surface area contributed by atoms with Crippen LogP contribution in [0.15, 0.2) is 11.5 Å². The van der Waals surface area contributed by atoms with Gasteiger partial charge in [-0.15, -0.1) is 4.33 Å². The van der Waals surface area contributed by atoms with E-state index in [0.29, 0.717) is 0 Å². The average Bonchev–Trinajstić information content (AvgIpc) is 1.67. The molecule has 6 heteroatoms. The van der Waals surface area contributed by atoms with Crippen LogP contribution in [0.4, 0.5) is 0 Å². The van der Waals surface area contributed by atoms with Crippen molar-refractivity contribution in [1.29, 1.82) is 0 Å². The van der Waals surface area contributed by atoms with Gasteiger partial charge in [-0.05, 0) is 6.92 Å². The fourth-order valence-corrected chi connectivity index (χ4v) is 0.575. The second-order valence-electron chi connectivity index (χ2n) is 1.04. The van der Waals surface area contributed by atoms with Crippen LogP contribution in [-0.4, -0.2) is 43.2 Å². The van der Waals surface area contributed by atoms with Crippen molar-refractivity contribution in [1.82, 2.24) is 0 Å². The van der Waals surface area contributed by atoms with Crippen LogP contribution in [0.25, 0.3) is 0 Å². The van der Waals surface area contributed by atoms with Crippen molar-refractivity contribution in [2.75, 3.05) is 0 Å². The van der Waals surface area contributed by atoms with Crippen molar-refractivity contribution in [2.24, 2.45) is 0 Å². The van der Waals surface area contributed by atoms with Gasteiger partial charge in [-0.25, -0.2) is 5.26 Å². The van der Waals surface area contributed by atoms with E-state index in [9.17, 15) is 8.42 Å². The minimum atomic E-state index is -3.79. The second-order valence-corrected chi connectivity index (χ2v) is 2.44. The summed E-state index contributed by atoms with van der Waals surface area (Å²) in [5.41, 5.74) is 0. The summed E-state index contributed by atoms with van der Waals surface area (Å²) in [4.78, 5) is 0. The number of hydrogen-bond acceptors (Lipinski definition) is 4. The molecule has 0 amide bonds. The molecule has 0 saturated heterocycles. The van der Waals surface area contributed by atoms with Gasteiger partial charge in [0.05, 0.1) is 5.41 Å². The fraction of sp³-hybridized carbons (Fsp3) is 0.333. The molecular formula is C3H7NaO4S. The maximum absolute atomic E-state index is 10.0. The Balaban J connectivity index is 0. The zero-order valence-electron chi connectivity index (χ0n) is 4.23. The predicted octanol–water partition coefficient (Wildman–Crippen LogP) is -0.309. The normalized spacial score (nSPS) is 11.3. The van der Waals surface area contributed by atoms with Gasteiger partial charge in [0.2, 0.25) is 0 Å². The summed E-state index contributed by atoms with van der Waals surface area (Å²) in [5, 5.41) is 8.33. The van der Waals surface area contributed by atoms with Gasteiger partial charge in [-0.3, -0.25) is 0 Å². The van der Waals surface area contributed by atoms with E-state index in [0.717, 1.165) is 5.41 Å². The summed E-state index contributed by atoms with van der Waals surface area (Å²) < 4.78 is 23.1. The van der Waals surface area contributed by atoms with Crippen molar-refractivity contribution >= 4 is 39.7 Å². The molecule has 50 valence electrons. The van der Waals surface area contributed by atoms with Crippen LogP contribution >= 0.6 is 0 Å². The van der Waals surface area contributed by atoms with Crippen LogP contribution < -0.4 is 0 Å². The summed E-state index contributed by atoms with van der Waals surface area (Å²) in [6.45, 7) is 1.50. The number of allylic oxidation sites excluding steroid dienone is 1. The van der Waals surface area contributed by atoms with E-state index in [1.54, 1.807) is 0 Å². The predicted molar refractivity (Wildman–Crippen MR) is 34.6 cm³/mol. The average molecular weight is 162 g/mol. The number of hydrogen-bond donors (Lipinski definition) is 1. The Morgan fingerprint density at radius 2 is 2.00 bits per heavy atom. The van der Waals surface area contributed by atoms with Gasteiger partial charge in [0.1, 0.15) is 0 Å². The molecule has 0 aromatic rings. The van der Waals surface area contributed by atoms with E-state index in [2.05, 4.69) is 4.33 Å². The Morgan fingerprint density at radius 3 is 2.11 bits per heavy atom. The van der Waals surface area contributed by atoms with Crippen molar-refractivity contribution < 1.29 is 18.0 Å². The van der Waals surface area contributed by atoms with Crippen LogP contribution in [0.1, 0.15) is 6.92 Å². The third-order valence-electron chi connectivity index (χ3n) is 0.407. The zero-order valence-corrected chi connectivity index (χ0v) is 5.05. The van der Waals surface area contributed by atoms with Gasteiger partial charge in [-0.2, -0.15) is 8.42 Å². The van der Waals surface area contributed by atoms with Gasteiger partial charge in [-0.1, -0.05) is 6.08 Å². The Labute approximate surface area is 75.9 Å². The first-order chi connectivity index (χ1) is 3.62. The molecule has 0 fully saturated rings. The summed E-state index contributed by atoms with van der Waals surface area (Å²) in [6, 6.07) is 0. The molecule has 0 aliphatic carbocycles. The maximum atomic E-state index is 10.0. The number of rotatable bonds is 2. The Morgan fingerprint density at radius 1 is 1.56 bits per heavy atom. The molecule has 0 aliphatic heterocycles. The molecule has 0 rings (SSSR count). The van der Waals surface area contributed by atoms with Crippen LogP contribution in [0.2, 0.25) is 0 Å². The quantitative estimate of drug-likeness (QED) is 0.343. The van der Waals surface area contributed by atoms with E-state index in [1.165, 1.54) is 13.0 Å². The van der Waals surface area contributed by atoms with Crippen LogP contribution in [-0.2, 0) is 14.5 Å². The van der Waals surface area contributed by atoms with Crippen molar-refractivity contribution in [3.05, 3.63) is 11.5 Å². The molecule has 0 aromatic heterocycles. The topological polar surface area (TPSA) is 63.6 Å². The van der Waals surface area contributed by atoms with Crippen LogP contribution in [0.3, 0.4) is 0 Å². The molecular weight excluding hydrogens is 155 g/mol. The summed E-state index contributed by atoms with van der Waals surface area (Å²) in [7, 11) is -3.79. The molecule has 0 aromatic carbocycles. The first-order valence-corrected chi connectivity index (χ1v) is 3.30. The first-order valence-electron chi connectivity index (χ1n) is 1.83. The first kappa shape index (κ1) is 12.3. The third-order valence-corrected chi connectivity index (χ3v) is 1.22. The Kier molecular flexibility index (Phi) is 7.38. The second kappa shape index (κ2) is 5.40. The van der Waals surface area contributed by atoms with Crippen molar-refractivity contribution in [2.45, 2.75) is 6.92 Å². The van der Waals surface area contributed by atoms with Gasteiger partial charge in [0.15, 0.2) is 0 Å². The van der Waals surface area contributed by atoms with Crippen molar-refractivity contribution in [3.8, 4) is 0 Å². The van der Waals surface area contributed by atoms with Crippen LogP contribution in [0, 0.1) is 0 Å². The Hall–Kier alpha value is 0.610. The zero-order chi connectivity index (χ0) is 6.62. The third kappa shape index (κ3) is 6.50. The van der Waals surface area contributed by atoms with E-state index in [1.807, 2.05) is 0 Å². The molecule has 0 spiro atoms. The van der Waals surface area contributed by atoms with Crippen LogP contribution in [0.5, 0.6) is 0 Å². The molecule has 0 atom stereocenters. The molecule has 1 N–H and O–H groups in total. The monoisotopic (exact) mass is 162 g/mol. The molecule has 0 unspecified atom stereocenters. The molecule has 4 nitrogen and oxygen atoms in total. The van der Waals surface area contributed by atoms with E-state index in [-0.39, 0.29) is 29.6 Å². The SMILES string of the molecule is CC=CS(=O)(=O)OO.[NaH]. The van der Waals surface area contributed by atoms with E-state index < -0.39 is 10.1 Å². The molecule has 0 bridgehead atoms. The molecule has 0 heterocycles. The molecule has 0 saturated carbocycles. The summed E-state index contributed by atoms with van der Waals surface area (Å²) in [5.74, 6) is 0.